The van der Waals surface area contributed by atoms with Crippen LogP contribution in [0.3, 0.4) is 0 Å². The van der Waals surface area contributed by atoms with Gasteiger partial charge in [-0.25, -0.2) is 0 Å². The minimum Gasteiger partial charge on any atom is -0.353 e. The molecule has 0 radical (unpaired) electrons. The lowest BCUT2D eigenvalue weighted by atomic mass is 10.2. The van der Waals surface area contributed by atoms with E-state index in [0.29, 0.717) is 13.1 Å². The number of rotatable bonds is 3. The van der Waals surface area contributed by atoms with Crippen molar-refractivity contribution in [1.82, 2.24) is 24.4 Å². The fourth-order valence-electron chi connectivity index (χ4n) is 4.18. The maximum Gasteiger partial charge on any atom is 0.255 e. The normalized spacial score (nSPS) is 18.2. The molecule has 2 aliphatic rings. The van der Waals surface area contributed by atoms with Crippen molar-refractivity contribution in [2.24, 2.45) is 0 Å². The van der Waals surface area contributed by atoms with Gasteiger partial charge in [-0.2, -0.15) is 0 Å². The van der Waals surface area contributed by atoms with Crippen molar-refractivity contribution in [3.05, 3.63) is 54.4 Å². The number of likely N-dealkylation sites (N-methyl/N-ethyl adjacent to an activating group) is 1. The number of hydrogen-bond donors (Lipinski definition) is 0. The van der Waals surface area contributed by atoms with Crippen LogP contribution in [0.2, 0.25) is 0 Å². The van der Waals surface area contributed by atoms with Crippen LogP contribution in [0, 0.1) is 0 Å². The molecule has 2 saturated heterocycles. The van der Waals surface area contributed by atoms with E-state index in [1.165, 1.54) is 0 Å². The first kappa shape index (κ1) is 18.9. The van der Waals surface area contributed by atoms with E-state index in [9.17, 15) is 4.79 Å². The van der Waals surface area contributed by atoms with Crippen molar-refractivity contribution >= 4 is 23.1 Å². The van der Waals surface area contributed by atoms with E-state index >= 15 is 0 Å². The SMILES string of the molecule is CN1CCN(c2ccc(N3CCN(C(=O)c4cc5ccccn5c4)CC3)nn2)CC1. The molecule has 8 heteroatoms. The van der Waals surface area contributed by atoms with Crippen LogP contribution >= 0.6 is 0 Å². The molecule has 30 heavy (non-hydrogen) atoms. The van der Waals surface area contributed by atoms with Gasteiger partial charge in [0.05, 0.1) is 5.56 Å². The van der Waals surface area contributed by atoms with E-state index in [1.54, 1.807) is 0 Å². The number of carbonyl (C=O) groups excluding carboxylic acids is 1. The lowest BCUT2D eigenvalue weighted by Gasteiger charge is -2.35. The van der Waals surface area contributed by atoms with Gasteiger partial charge in [0.15, 0.2) is 11.6 Å². The monoisotopic (exact) mass is 405 g/mol. The fraction of sp³-hybridized carbons (Fsp3) is 0.409. The Morgan fingerprint density at radius 1 is 0.833 bits per heavy atom. The second kappa shape index (κ2) is 7.95. The molecule has 2 fully saturated rings. The van der Waals surface area contributed by atoms with Gasteiger partial charge in [-0.3, -0.25) is 4.79 Å². The zero-order chi connectivity index (χ0) is 20.5. The highest BCUT2D eigenvalue weighted by Gasteiger charge is 2.24. The van der Waals surface area contributed by atoms with E-state index in [1.807, 2.05) is 46.0 Å². The summed E-state index contributed by atoms with van der Waals surface area (Å²) in [6, 6.07) is 12.0. The molecule has 156 valence electrons. The molecule has 3 aromatic rings. The number of pyridine rings is 1. The van der Waals surface area contributed by atoms with E-state index < -0.39 is 0 Å². The maximum absolute atomic E-state index is 12.9. The summed E-state index contributed by atoms with van der Waals surface area (Å²) < 4.78 is 1.99. The molecule has 0 unspecified atom stereocenters. The minimum atomic E-state index is 0.0925. The van der Waals surface area contributed by atoms with Gasteiger partial charge in [0.25, 0.3) is 5.91 Å². The Kier molecular flexibility index (Phi) is 5.00. The van der Waals surface area contributed by atoms with Crippen LogP contribution in [-0.2, 0) is 0 Å². The molecule has 5 rings (SSSR count). The molecule has 8 nitrogen and oxygen atoms in total. The van der Waals surface area contributed by atoms with Crippen molar-refractivity contribution in [2.75, 3.05) is 69.2 Å². The number of anilines is 2. The smallest absolute Gasteiger partial charge is 0.255 e. The third-order valence-corrected chi connectivity index (χ3v) is 6.11. The molecule has 0 bridgehead atoms. The molecule has 0 saturated carbocycles. The highest BCUT2D eigenvalue weighted by Crippen LogP contribution is 2.19. The predicted molar refractivity (Wildman–Crippen MR) is 117 cm³/mol. The Bertz CT molecular complexity index is 982. The standard InChI is InChI=1S/C22H27N7O/c1-25-8-10-26(11-9-25)20-5-6-21(24-23-20)27-12-14-28(15-13-27)22(30)18-16-19-4-2-3-7-29(19)17-18/h2-7,16-17H,8-15H2,1H3. The highest BCUT2D eigenvalue weighted by atomic mass is 16.2. The molecule has 0 atom stereocenters. The van der Waals surface area contributed by atoms with Crippen molar-refractivity contribution in [1.29, 1.82) is 0 Å². The number of amides is 1. The third kappa shape index (κ3) is 3.70. The fourth-order valence-corrected chi connectivity index (χ4v) is 4.18. The van der Waals surface area contributed by atoms with Gasteiger partial charge < -0.3 is 24.0 Å². The van der Waals surface area contributed by atoms with Gasteiger partial charge in [0.2, 0.25) is 0 Å². The minimum absolute atomic E-state index is 0.0925. The van der Waals surface area contributed by atoms with Crippen LogP contribution in [0.25, 0.3) is 5.52 Å². The molecule has 0 N–H and O–H groups in total. The van der Waals surface area contributed by atoms with Crippen LogP contribution < -0.4 is 9.80 Å². The topological polar surface area (TPSA) is 60.2 Å². The summed E-state index contributed by atoms with van der Waals surface area (Å²) >= 11 is 0. The van der Waals surface area contributed by atoms with Crippen LogP contribution in [0.5, 0.6) is 0 Å². The summed E-state index contributed by atoms with van der Waals surface area (Å²) in [4.78, 5) is 21.7. The number of piperazine rings is 2. The van der Waals surface area contributed by atoms with E-state index in [4.69, 9.17) is 0 Å². The number of hydrogen-bond acceptors (Lipinski definition) is 6. The first-order valence-corrected chi connectivity index (χ1v) is 10.6. The van der Waals surface area contributed by atoms with E-state index in [0.717, 1.165) is 62.0 Å². The summed E-state index contributed by atoms with van der Waals surface area (Å²) in [6.07, 6.45) is 3.88. The second-order valence-electron chi connectivity index (χ2n) is 8.08. The summed E-state index contributed by atoms with van der Waals surface area (Å²) in [5, 5.41) is 8.93. The molecular formula is C22H27N7O. The van der Waals surface area contributed by atoms with Gasteiger partial charge in [-0.1, -0.05) is 6.07 Å². The number of aromatic nitrogens is 3. The maximum atomic E-state index is 12.9. The molecule has 2 aliphatic heterocycles. The summed E-state index contributed by atoms with van der Waals surface area (Å²) in [5.41, 5.74) is 1.78. The van der Waals surface area contributed by atoms with Crippen LogP contribution in [-0.4, -0.2) is 89.7 Å². The predicted octanol–water partition coefficient (Wildman–Crippen LogP) is 1.44. The Morgan fingerprint density at radius 3 is 2.07 bits per heavy atom. The average molecular weight is 406 g/mol. The Balaban J connectivity index is 1.20. The van der Waals surface area contributed by atoms with Crippen molar-refractivity contribution in [2.45, 2.75) is 0 Å². The van der Waals surface area contributed by atoms with E-state index in [-0.39, 0.29) is 5.91 Å². The molecular weight excluding hydrogens is 378 g/mol. The number of fused-ring (bicyclic) bond motifs is 1. The van der Waals surface area contributed by atoms with Crippen molar-refractivity contribution in [3.63, 3.8) is 0 Å². The number of nitrogens with zero attached hydrogens (tertiary/aromatic N) is 7. The molecule has 3 aromatic heterocycles. The first-order valence-electron chi connectivity index (χ1n) is 10.6. The van der Waals surface area contributed by atoms with Crippen molar-refractivity contribution < 1.29 is 4.79 Å². The quantitative estimate of drug-likeness (QED) is 0.657. The van der Waals surface area contributed by atoms with Crippen LogP contribution in [0.1, 0.15) is 10.4 Å². The summed E-state index contributed by atoms with van der Waals surface area (Å²) in [7, 11) is 2.15. The Morgan fingerprint density at radius 2 is 1.47 bits per heavy atom. The van der Waals surface area contributed by atoms with Gasteiger partial charge in [-0.05, 0) is 37.4 Å². The van der Waals surface area contributed by atoms with Gasteiger partial charge in [-0.15, -0.1) is 10.2 Å². The summed E-state index contributed by atoms with van der Waals surface area (Å²) in [5.74, 6) is 1.92. The second-order valence-corrected chi connectivity index (χ2v) is 8.08. The zero-order valence-electron chi connectivity index (χ0n) is 17.3. The molecule has 0 spiro atoms. The highest BCUT2D eigenvalue weighted by molar-refractivity contribution is 5.95. The Hall–Kier alpha value is -3.13. The average Bonchev–Trinajstić information content (AvgIpc) is 3.24. The van der Waals surface area contributed by atoms with Crippen LogP contribution in [0.4, 0.5) is 11.6 Å². The molecule has 5 heterocycles. The number of carbonyl (C=O) groups is 1. The van der Waals surface area contributed by atoms with E-state index in [2.05, 4.69) is 44.1 Å². The third-order valence-electron chi connectivity index (χ3n) is 6.11. The largest absolute Gasteiger partial charge is 0.353 e. The summed E-state index contributed by atoms with van der Waals surface area (Å²) in [6.45, 7) is 6.98. The molecule has 0 aliphatic carbocycles. The molecule has 1 amide bonds. The Labute approximate surface area is 176 Å². The van der Waals surface area contributed by atoms with Gasteiger partial charge in [0, 0.05) is 70.3 Å². The van der Waals surface area contributed by atoms with Crippen molar-refractivity contribution in [3.8, 4) is 0 Å². The lowest BCUT2D eigenvalue weighted by molar-refractivity contribution is 0.0746. The lowest BCUT2D eigenvalue weighted by Crippen LogP contribution is -2.49. The zero-order valence-corrected chi connectivity index (χ0v) is 17.3. The van der Waals surface area contributed by atoms with Crippen LogP contribution in [0.15, 0.2) is 48.8 Å². The van der Waals surface area contributed by atoms with Gasteiger partial charge >= 0.3 is 0 Å². The molecule has 0 aromatic carbocycles. The first-order chi connectivity index (χ1) is 14.7. The van der Waals surface area contributed by atoms with Gasteiger partial charge in [0.1, 0.15) is 0 Å².